The van der Waals surface area contributed by atoms with Gasteiger partial charge in [-0.2, -0.15) is 5.26 Å². The summed E-state index contributed by atoms with van der Waals surface area (Å²) in [6.45, 7) is 3.51. The van der Waals surface area contributed by atoms with Gasteiger partial charge in [0.1, 0.15) is 5.82 Å². The number of nitriles is 1. The van der Waals surface area contributed by atoms with E-state index in [9.17, 15) is 0 Å². The molecule has 0 saturated carbocycles. The lowest BCUT2D eigenvalue weighted by Gasteiger charge is -2.26. The third kappa shape index (κ3) is 3.23. The van der Waals surface area contributed by atoms with Crippen molar-refractivity contribution in [3.63, 3.8) is 0 Å². The Morgan fingerprint density at radius 1 is 1.43 bits per heavy atom. The second-order valence-corrected chi connectivity index (χ2v) is 5.15. The van der Waals surface area contributed by atoms with E-state index >= 15 is 0 Å². The second-order valence-electron chi connectivity index (χ2n) is 5.15. The Kier molecular flexibility index (Phi) is 5.32. The van der Waals surface area contributed by atoms with Crippen molar-refractivity contribution < 1.29 is 5.11 Å². The first kappa shape index (κ1) is 15.5. The summed E-state index contributed by atoms with van der Waals surface area (Å²) in [5.74, 6) is 0.977. The van der Waals surface area contributed by atoms with Crippen LogP contribution in [0.3, 0.4) is 0 Å². The fourth-order valence-electron chi connectivity index (χ4n) is 2.75. The first-order valence-electron chi connectivity index (χ1n) is 7.36. The molecule has 5 heteroatoms. The summed E-state index contributed by atoms with van der Waals surface area (Å²) in [6.07, 6.45) is 1.37. The van der Waals surface area contributed by atoms with Crippen LogP contribution in [-0.2, 0) is 6.54 Å². The average Bonchev–Trinajstić information content (AvgIpc) is 2.84. The number of aliphatic hydroxyl groups excluding tert-OH is 1. The largest absolute Gasteiger partial charge is 0.395 e. The molecular formula is C16H22N4O. The smallest absolute Gasteiger partial charge is 0.127 e. The molecule has 1 heterocycles. The molecule has 1 aromatic heterocycles. The van der Waals surface area contributed by atoms with Gasteiger partial charge in [-0.3, -0.25) is 4.90 Å². The number of rotatable bonds is 7. The zero-order valence-electron chi connectivity index (χ0n) is 12.7. The quantitative estimate of drug-likeness (QED) is 0.848. The van der Waals surface area contributed by atoms with Crippen molar-refractivity contribution in [1.82, 2.24) is 14.5 Å². The van der Waals surface area contributed by atoms with Crippen LogP contribution in [0.5, 0.6) is 0 Å². The molecule has 0 radical (unpaired) electrons. The van der Waals surface area contributed by atoms with Gasteiger partial charge in [0.2, 0.25) is 0 Å². The summed E-state index contributed by atoms with van der Waals surface area (Å²) >= 11 is 0. The molecule has 0 bridgehead atoms. The number of para-hydroxylation sites is 2. The zero-order valence-corrected chi connectivity index (χ0v) is 12.7. The first-order chi connectivity index (χ1) is 10.2. The molecule has 1 aromatic carbocycles. The number of hydrogen-bond acceptors (Lipinski definition) is 4. The highest BCUT2D eigenvalue weighted by molar-refractivity contribution is 5.76. The van der Waals surface area contributed by atoms with Crippen LogP contribution in [-0.4, -0.2) is 39.8 Å². The molecule has 0 fully saturated rings. The van der Waals surface area contributed by atoms with Crippen LogP contribution in [0.2, 0.25) is 0 Å². The summed E-state index contributed by atoms with van der Waals surface area (Å²) < 4.78 is 2.14. The minimum absolute atomic E-state index is 0.130. The lowest BCUT2D eigenvalue weighted by molar-refractivity contribution is 0.170. The highest BCUT2D eigenvalue weighted by Crippen LogP contribution is 2.26. The summed E-state index contributed by atoms with van der Waals surface area (Å²) in [6, 6.07) is 10.4. The monoisotopic (exact) mass is 286 g/mol. The molecule has 0 aliphatic heterocycles. The molecule has 0 aliphatic carbocycles. The van der Waals surface area contributed by atoms with Gasteiger partial charge < -0.3 is 9.67 Å². The molecule has 0 amide bonds. The number of benzene rings is 1. The summed E-state index contributed by atoms with van der Waals surface area (Å²) in [7, 11) is 2.00. The third-order valence-corrected chi connectivity index (χ3v) is 3.80. The van der Waals surface area contributed by atoms with Crippen molar-refractivity contribution in [2.75, 3.05) is 20.2 Å². The van der Waals surface area contributed by atoms with Gasteiger partial charge in [-0.15, -0.1) is 0 Å². The minimum Gasteiger partial charge on any atom is -0.395 e. The molecule has 0 spiro atoms. The Balaban J connectivity index is 2.47. The van der Waals surface area contributed by atoms with Crippen molar-refractivity contribution in [2.24, 2.45) is 0 Å². The van der Waals surface area contributed by atoms with E-state index in [1.165, 1.54) is 0 Å². The van der Waals surface area contributed by atoms with E-state index in [-0.39, 0.29) is 12.6 Å². The lowest BCUT2D eigenvalue weighted by Crippen LogP contribution is -2.29. The second kappa shape index (κ2) is 7.21. The Hall–Kier alpha value is -1.90. The van der Waals surface area contributed by atoms with Crippen LogP contribution in [0.15, 0.2) is 24.3 Å². The molecule has 2 aromatic rings. The standard InChI is InChI=1S/C16H22N4O/c1-3-14(19(2)11-12-21)16-18-13-7-4-5-8-15(13)20(16)10-6-9-17/h4-5,7-8,14,21H,3,6,10-12H2,1-2H3. The number of likely N-dealkylation sites (N-methyl/N-ethyl adjacent to an activating group) is 1. The molecule has 0 saturated heterocycles. The molecule has 5 nitrogen and oxygen atoms in total. The van der Waals surface area contributed by atoms with Crippen molar-refractivity contribution in [3.05, 3.63) is 30.1 Å². The molecule has 0 aliphatic rings. The number of nitrogens with zero attached hydrogens (tertiary/aromatic N) is 4. The number of aliphatic hydroxyl groups is 1. The number of fused-ring (bicyclic) bond motifs is 1. The van der Waals surface area contributed by atoms with Crippen LogP contribution >= 0.6 is 0 Å². The topological polar surface area (TPSA) is 65.1 Å². The number of hydrogen-bond donors (Lipinski definition) is 1. The van der Waals surface area contributed by atoms with E-state index in [0.717, 1.165) is 23.3 Å². The molecule has 21 heavy (non-hydrogen) atoms. The van der Waals surface area contributed by atoms with Gasteiger partial charge in [0.25, 0.3) is 0 Å². The Bertz CT molecular complexity index is 629. The first-order valence-corrected chi connectivity index (χ1v) is 7.36. The molecule has 1 N–H and O–H groups in total. The number of aryl methyl sites for hydroxylation is 1. The van der Waals surface area contributed by atoms with Crippen molar-refractivity contribution in [2.45, 2.75) is 32.4 Å². The molecule has 1 atom stereocenters. The van der Waals surface area contributed by atoms with Crippen LogP contribution in [0.1, 0.15) is 31.6 Å². The van der Waals surface area contributed by atoms with E-state index in [0.29, 0.717) is 19.5 Å². The molecule has 1 unspecified atom stereocenters. The highest BCUT2D eigenvalue weighted by Gasteiger charge is 2.22. The highest BCUT2D eigenvalue weighted by atomic mass is 16.3. The SMILES string of the molecule is CCC(c1nc2ccccc2n1CCC#N)N(C)CCO. The van der Waals surface area contributed by atoms with E-state index in [2.05, 4.69) is 22.5 Å². The molecular weight excluding hydrogens is 264 g/mol. The number of imidazole rings is 1. The average molecular weight is 286 g/mol. The molecule has 112 valence electrons. The maximum Gasteiger partial charge on any atom is 0.127 e. The van der Waals surface area contributed by atoms with Crippen LogP contribution in [0, 0.1) is 11.3 Å². The zero-order chi connectivity index (χ0) is 15.2. The van der Waals surface area contributed by atoms with E-state index in [4.69, 9.17) is 15.4 Å². The fraction of sp³-hybridized carbons (Fsp3) is 0.500. The Morgan fingerprint density at radius 2 is 2.19 bits per heavy atom. The van der Waals surface area contributed by atoms with E-state index < -0.39 is 0 Å². The summed E-state index contributed by atoms with van der Waals surface area (Å²) in [5.41, 5.74) is 2.03. The van der Waals surface area contributed by atoms with Gasteiger partial charge in [-0.05, 0) is 25.6 Å². The van der Waals surface area contributed by atoms with E-state index in [1.54, 1.807) is 0 Å². The number of aromatic nitrogens is 2. The summed E-state index contributed by atoms with van der Waals surface area (Å²) in [4.78, 5) is 6.89. The van der Waals surface area contributed by atoms with Crippen molar-refractivity contribution in [3.8, 4) is 6.07 Å². The van der Waals surface area contributed by atoms with Gasteiger partial charge in [-0.25, -0.2) is 4.98 Å². The Morgan fingerprint density at radius 3 is 2.86 bits per heavy atom. The molecule has 2 rings (SSSR count). The van der Waals surface area contributed by atoms with Crippen LogP contribution < -0.4 is 0 Å². The van der Waals surface area contributed by atoms with Gasteiger partial charge in [-0.1, -0.05) is 19.1 Å². The predicted octanol–water partition coefficient (Wildman–Crippen LogP) is 2.33. The van der Waals surface area contributed by atoms with Crippen molar-refractivity contribution >= 4 is 11.0 Å². The lowest BCUT2D eigenvalue weighted by atomic mass is 10.2. The van der Waals surface area contributed by atoms with Gasteiger partial charge in [0, 0.05) is 13.1 Å². The maximum atomic E-state index is 9.17. The fourth-order valence-corrected chi connectivity index (χ4v) is 2.75. The van der Waals surface area contributed by atoms with Gasteiger partial charge in [0.05, 0.1) is 36.2 Å². The normalized spacial score (nSPS) is 12.7. The Labute approximate surface area is 125 Å². The maximum absolute atomic E-state index is 9.17. The van der Waals surface area contributed by atoms with Gasteiger partial charge in [0.15, 0.2) is 0 Å². The summed E-state index contributed by atoms with van der Waals surface area (Å²) in [5, 5.41) is 18.1. The van der Waals surface area contributed by atoms with Gasteiger partial charge >= 0.3 is 0 Å². The third-order valence-electron chi connectivity index (χ3n) is 3.80. The van der Waals surface area contributed by atoms with Crippen molar-refractivity contribution in [1.29, 1.82) is 5.26 Å². The van der Waals surface area contributed by atoms with Crippen LogP contribution in [0.25, 0.3) is 11.0 Å². The van der Waals surface area contributed by atoms with Crippen LogP contribution in [0.4, 0.5) is 0 Å². The van der Waals surface area contributed by atoms with E-state index in [1.807, 2.05) is 31.3 Å². The predicted molar refractivity (Wildman–Crippen MR) is 82.7 cm³/mol. The minimum atomic E-state index is 0.130.